The number of rotatable bonds is 2. The number of anilines is 1. The van der Waals surface area contributed by atoms with Crippen molar-refractivity contribution in [2.24, 2.45) is 5.73 Å². The predicted octanol–water partition coefficient (Wildman–Crippen LogP) is 0.422. The van der Waals surface area contributed by atoms with Gasteiger partial charge in [-0.05, 0) is 30.7 Å². The molecule has 0 aromatic carbocycles. The number of nitrogens with two attached hydrogens (primary N) is 1. The summed E-state index contributed by atoms with van der Waals surface area (Å²) in [5.41, 5.74) is 6.60. The lowest BCUT2D eigenvalue weighted by Crippen LogP contribution is -2.42. The molecule has 3 heterocycles. The maximum atomic E-state index is 12.0. The molecule has 1 saturated heterocycles. The number of aromatic nitrogens is 1. The van der Waals surface area contributed by atoms with Crippen LogP contribution in [0.25, 0.3) is 0 Å². The predicted molar refractivity (Wildman–Crippen MR) is 74.7 cm³/mol. The van der Waals surface area contributed by atoms with Crippen LogP contribution < -0.4 is 10.6 Å². The van der Waals surface area contributed by atoms with Crippen LogP contribution in [-0.2, 0) is 0 Å². The molecule has 1 fully saturated rings. The third-order valence-electron chi connectivity index (χ3n) is 3.50. The zero-order valence-corrected chi connectivity index (χ0v) is 10.9. The molecule has 104 valence electrons. The summed E-state index contributed by atoms with van der Waals surface area (Å²) < 4.78 is 0. The van der Waals surface area contributed by atoms with Crippen molar-refractivity contribution in [3.05, 3.63) is 47.9 Å². The van der Waals surface area contributed by atoms with Gasteiger partial charge in [0.05, 0.1) is 11.3 Å². The zero-order chi connectivity index (χ0) is 14.1. The van der Waals surface area contributed by atoms with Gasteiger partial charge in [0, 0.05) is 25.5 Å². The summed E-state index contributed by atoms with van der Waals surface area (Å²) in [7, 11) is 0. The number of aliphatic hydroxyl groups is 1. The standard InChI is InChI=1S/C14H16N4O2/c15-11-3-1-8-18(14(11)20)12-5-4-10(9-16-12)13(19)17-6-2-7-17/h1,3-5,8-9,14,20H,2,6-7,15H2. The van der Waals surface area contributed by atoms with Crippen LogP contribution in [0.2, 0.25) is 0 Å². The molecule has 0 radical (unpaired) electrons. The first kappa shape index (κ1) is 12.7. The van der Waals surface area contributed by atoms with Crippen LogP contribution in [0.1, 0.15) is 16.8 Å². The van der Waals surface area contributed by atoms with Crippen LogP contribution in [0.15, 0.2) is 42.4 Å². The van der Waals surface area contributed by atoms with Crippen molar-refractivity contribution >= 4 is 11.7 Å². The lowest BCUT2D eigenvalue weighted by Gasteiger charge is -2.31. The Morgan fingerprint density at radius 3 is 2.80 bits per heavy atom. The highest BCUT2D eigenvalue weighted by Crippen LogP contribution is 2.20. The molecule has 3 rings (SSSR count). The SMILES string of the molecule is NC1=CC=CN(c2ccc(C(=O)N3CCC3)cn2)C1O. The largest absolute Gasteiger partial charge is 0.398 e. The lowest BCUT2D eigenvalue weighted by atomic mass is 10.1. The number of nitrogens with zero attached hydrogens (tertiary/aromatic N) is 3. The number of allylic oxidation sites excluding steroid dienone is 2. The van der Waals surface area contributed by atoms with Gasteiger partial charge in [0.25, 0.3) is 5.91 Å². The van der Waals surface area contributed by atoms with Crippen LogP contribution in [0.5, 0.6) is 0 Å². The molecule has 1 atom stereocenters. The van der Waals surface area contributed by atoms with Crippen LogP contribution in [0, 0.1) is 0 Å². The second-order valence-electron chi connectivity index (χ2n) is 4.84. The van der Waals surface area contributed by atoms with E-state index in [0.29, 0.717) is 17.1 Å². The first-order chi connectivity index (χ1) is 9.66. The highest BCUT2D eigenvalue weighted by Gasteiger charge is 2.23. The number of hydrogen-bond acceptors (Lipinski definition) is 5. The number of carbonyl (C=O) groups excluding carboxylic acids is 1. The minimum atomic E-state index is -0.926. The fourth-order valence-electron chi connectivity index (χ4n) is 2.14. The summed E-state index contributed by atoms with van der Waals surface area (Å²) in [6.45, 7) is 1.63. The number of likely N-dealkylation sites (tertiary alicyclic amines) is 1. The maximum Gasteiger partial charge on any atom is 0.255 e. The highest BCUT2D eigenvalue weighted by atomic mass is 16.3. The molecule has 0 aliphatic carbocycles. The molecule has 0 spiro atoms. The average Bonchev–Trinajstić information content (AvgIpc) is 2.40. The Labute approximate surface area is 116 Å². The van der Waals surface area contributed by atoms with Gasteiger partial charge in [0.2, 0.25) is 0 Å². The normalized spacial score (nSPS) is 21.4. The minimum absolute atomic E-state index is 0.00412. The van der Waals surface area contributed by atoms with Gasteiger partial charge in [-0.15, -0.1) is 0 Å². The van der Waals surface area contributed by atoms with Crippen molar-refractivity contribution in [1.29, 1.82) is 0 Å². The van der Waals surface area contributed by atoms with Crippen LogP contribution in [0.3, 0.4) is 0 Å². The van der Waals surface area contributed by atoms with Crippen molar-refractivity contribution in [2.75, 3.05) is 18.0 Å². The number of carbonyl (C=O) groups is 1. The van der Waals surface area contributed by atoms with E-state index in [4.69, 9.17) is 5.73 Å². The molecule has 0 bridgehead atoms. The van der Waals surface area contributed by atoms with E-state index in [1.807, 2.05) is 0 Å². The minimum Gasteiger partial charge on any atom is -0.398 e. The van der Waals surface area contributed by atoms with Crippen molar-refractivity contribution in [1.82, 2.24) is 9.88 Å². The lowest BCUT2D eigenvalue weighted by molar-refractivity contribution is 0.0651. The number of hydrogen-bond donors (Lipinski definition) is 2. The van der Waals surface area contributed by atoms with E-state index in [9.17, 15) is 9.90 Å². The van der Waals surface area contributed by atoms with E-state index in [1.54, 1.807) is 40.3 Å². The van der Waals surface area contributed by atoms with E-state index in [2.05, 4.69) is 4.98 Å². The third kappa shape index (κ3) is 2.14. The molecule has 1 aromatic rings. The molecule has 6 heteroatoms. The summed E-state index contributed by atoms with van der Waals surface area (Å²) in [5, 5.41) is 9.97. The number of amides is 1. The van der Waals surface area contributed by atoms with Crippen molar-refractivity contribution < 1.29 is 9.90 Å². The van der Waals surface area contributed by atoms with Gasteiger partial charge >= 0.3 is 0 Å². The van der Waals surface area contributed by atoms with E-state index < -0.39 is 6.23 Å². The second kappa shape index (κ2) is 4.97. The number of aliphatic hydroxyl groups excluding tert-OH is 1. The Hall–Kier alpha value is -2.34. The van der Waals surface area contributed by atoms with Crippen LogP contribution >= 0.6 is 0 Å². The fraction of sp³-hybridized carbons (Fsp3) is 0.286. The molecule has 1 amide bonds. The fourth-order valence-corrected chi connectivity index (χ4v) is 2.14. The molecule has 1 aromatic heterocycles. The molecule has 20 heavy (non-hydrogen) atoms. The summed E-state index contributed by atoms with van der Waals surface area (Å²) in [6, 6.07) is 3.43. The van der Waals surface area contributed by atoms with Gasteiger partial charge in [0.1, 0.15) is 5.82 Å². The molecule has 1 unspecified atom stereocenters. The average molecular weight is 272 g/mol. The maximum absolute atomic E-state index is 12.0. The van der Waals surface area contributed by atoms with E-state index in [-0.39, 0.29) is 5.91 Å². The quantitative estimate of drug-likeness (QED) is 0.815. The summed E-state index contributed by atoms with van der Waals surface area (Å²) in [6.07, 6.45) is 6.74. The van der Waals surface area contributed by atoms with Crippen molar-refractivity contribution in [2.45, 2.75) is 12.6 Å². The van der Waals surface area contributed by atoms with Gasteiger partial charge in [-0.25, -0.2) is 4.98 Å². The Kier molecular flexibility index (Phi) is 3.15. The molecule has 2 aliphatic heterocycles. The first-order valence-corrected chi connectivity index (χ1v) is 6.52. The highest BCUT2D eigenvalue weighted by molar-refractivity contribution is 5.94. The third-order valence-corrected chi connectivity index (χ3v) is 3.50. The van der Waals surface area contributed by atoms with E-state index >= 15 is 0 Å². The van der Waals surface area contributed by atoms with Gasteiger partial charge in [0.15, 0.2) is 6.23 Å². The Balaban J connectivity index is 1.78. The smallest absolute Gasteiger partial charge is 0.255 e. The topological polar surface area (TPSA) is 82.7 Å². The van der Waals surface area contributed by atoms with Crippen molar-refractivity contribution in [3.63, 3.8) is 0 Å². The molecule has 6 nitrogen and oxygen atoms in total. The monoisotopic (exact) mass is 272 g/mol. The van der Waals surface area contributed by atoms with E-state index in [1.165, 1.54) is 6.20 Å². The summed E-state index contributed by atoms with van der Waals surface area (Å²) in [5.74, 6) is 0.550. The summed E-state index contributed by atoms with van der Waals surface area (Å²) >= 11 is 0. The summed E-state index contributed by atoms with van der Waals surface area (Å²) in [4.78, 5) is 19.6. The van der Waals surface area contributed by atoms with Crippen molar-refractivity contribution in [3.8, 4) is 0 Å². The van der Waals surface area contributed by atoms with Gasteiger partial charge in [-0.1, -0.05) is 0 Å². The molecule has 3 N–H and O–H groups in total. The van der Waals surface area contributed by atoms with Crippen LogP contribution in [-0.4, -0.2) is 40.2 Å². The second-order valence-corrected chi connectivity index (χ2v) is 4.84. The zero-order valence-electron chi connectivity index (χ0n) is 10.9. The van der Waals surface area contributed by atoms with Gasteiger partial charge in [-0.2, -0.15) is 0 Å². The Morgan fingerprint density at radius 1 is 1.40 bits per heavy atom. The van der Waals surface area contributed by atoms with Gasteiger partial charge in [-0.3, -0.25) is 4.79 Å². The molecule has 2 aliphatic rings. The molecule has 0 saturated carbocycles. The first-order valence-electron chi connectivity index (χ1n) is 6.52. The molecular formula is C14H16N4O2. The Bertz CT molecular complexity index is 575. The number of pyridine rings is 1. The molecular weight excluding hydrogens is 256 g/mol. The van der Waals surface area contributed by atoms with Crippen LogP contribution in [0.4, 0.5) is 5.82 Å². The van der Waals surface area contributed by atoms with E-state index in [0.717, 1.165) is 19.5 Å². The Morgan fingerprint density at radius 2 is 2.20 bits per heavy atom. The van der Waals surface area contributed by atoms with Gasteiger partial charge < -0.3 is 20.6 Å².